The molecule has 1 atom stereocenters. The van der Waals surface area contributed by atoms with Crippen molar-refractivity contribution in [1.82, 2.24) is 0 Å². The van der Waals surface area contributed by atoms with Crippen LogP contribution in [-0.2, 0) is 4.79 Å². The Hall–Kier alpha value is -1.52. The molecule has 1 rings (SSSR count). The molecule has 0 spiro atoms. The number of hydrogen-bond acceptors (Lipinski definition) is 1. The lowest BCUT2D eigenvalue weighted by molar-refractivity contribution is -0.181. The van der Waals surface area contributed by atoms with E-state index in [4.69, 9.17) is 0 Å². The Balaban J connectivity index is 2.85. The molecule has 2 nitrogen and oxygen atoms in total. The van der Waals surface area contributed by atoms with Gasteiger partial charge in [-0.05, 0) is 43.5 Å². The summed E-state index contributed by atoms with van der Waals surface area (Å²) in [6.45, 7) is 5.47. The standard InChI is InChI=1S/C15H20F3NO/c1-4-5-6-13(15(16,17)18)14(20)19-12-8-10(2)7-11(3)9-12/h7-9,13H,4-6H2,1-3H3,(H,19,20). The third kappa shape index (κ3) is 4.87. The van der Waals surface area contributed by atoms with Gasteiger partial charge in [-0.15, -0.1) is 0 Å². The Morgan fingerprint density at radius 1 is 1.20 bits per heavy atom. The second-order valence-corrected chi connectivity index (χ2v) is 5.10. The van der Waals surface area contributed by atoms with Gasteiger partial charge in [-0.3, -0.25) is 4.79 Å². The number of aryl methyl sites for hydroxylation is 2. The van der Waals surface area contributed by atoms with Crippen LogP contribution in [0.4, 0.5) is 18.9 Å². The Morgan fingerprint density at radius 2 is 1.75 bits per heavy atom. The van der Waals surface area contributed by atoms with E-state index in [1.54, 1.807) is 19.1 Å². The monoisotopic (exact) mass is 287 g/mol. The quantitative estimate of drug-likeness (QED) is 0.841. The van der Waals surface area contributed by atoms with Crippen molar-refractivity contribution in [1.29, 1.82) is 0 Å². The number of alkyl halides is 3. The van der Waals surface area contributed by atoms with Crippen molar-refractivity contribution in [2.75, 3.05) is 5.32 Å². The van der Waals surface area contributed by atoms with Gasteiger partial charge in [0.1, 0.15) is 5.92 Å². The summed E-state index contributed by atoms with van der Waals surface area (Å²) < 4.78 is 38.7. The van der Waals surface area contributed by atoms with Crippen LogP contribution in [0.1, 0.15) is 37.3 Å². The van der Waals surface area contributed by atoms with E-state index in [0.29, 0.717) is 18.5 Å². The van der Waals surface area contributed by atoms with Gasteiger partial charge in [0.2, 0.25) is 5.91 Å². The van der Waals surface area contributed by atoms with Crippen molar-refractivity contribution in [3.05, 3.63) is 29.3 Å². The molecular formula is C15H20F3NO. The van der Waals surface area contributed by atoms with Gasteiger partial charge < -0.3 is 5.32 Å². The number of amides is 1. The zero-order chi connectivity index (χ0) is 15.3. The molecule has 0 saturated carbocycles. The molecule has 0 aliphatic rings. The number of halogens is 3. The van der Waals surface area contributed by atoms with Crippen molar-refractivity contribution >= 4 is 11.6 Å². The first-order chi connectivity index (χ1) is 9.24. The summed E-state index contributed by atoms with van der Waals surface area (Å²) in [5, 5.41) is 2.38. The summed E-state index contributed by atoms with van der Waals surface area (Å²) in [5.74, 6) is -2.92. The van der Waals surface area contributed by atoms with Crippen LogP contribution in [0.15, 0.2) is 18.2 Å². The topological polar surface area (TPSA) is 29.1 Å². The fourth-order valence-corrected chi connectivity index (χ4v) is 2.13. The van der Waals surface area contributed by atoms with Crippen LogP contribution in [-0.4, -0.2) is 12.1 Å². The molecule has 0 aliphatic carbocycles. The van der Waals surface area contributed by atoms with Gasteiger partial charge in [-0.2, -0.15) is 13.2 Å². The van der Waals surface area contributed by atoms with Gasteiger partial charge in [0.15, 0.2) is 0 Å². The molecule has 0 radical (unpaired) electrons. The molecule has 1 aromatic rings. The smallest absolute Gasteiger partial charge is 0.326 e. The lowest BCUT2D eigenvalue weighted by Gasteiger charge is -2.19. The molecule has 112 valence electrons. The first-order valence-corrected chi connectivity index (χ1v) is 6.70. The molecule has 5 heteroatoms. The Morgan fingerprint density at radius 3 is 2.20 bits per heavy atom. The lowest BCUT2D eigenvalue weighted by atomic mass is 10.0. The summed E-state index contributed by atoms with van der Waals surface area (Å²) in [6, 6.07) is 5.23. The zero-order valence-corrected chi connectivity index (χ0v) is 12.0. The maximum atomic E-state index is 12.9. The molecule has 0 aromatic heterocycles. The summed E-state index contributed by atoms with van der Waals surface area (Å²) in [5.41, 5.74) is 2.22. The number of carbonyl (C=O) groups excluding carboxylic acids is 1. The average Bonchev–Trinajstić information content (AvgIpc) is 2.25. The van der Waals surface area contributed by atoms with Gasteiger partial charge in [-0.1, -0.05) is 25.8 Å². The van der Waals surface area contributed by atoms with Crippen LogP contribution in [0, 0.1) is 19.8 Å². The fraction of sp³-hybridized carbons (Fsp3) is 0.533. The summed E-state index contributed by atoms with van der Waals surface area (Å²) >= 11 is 0. The summed E-state index contributed by atoms with van der Waals surface area (Å²) in [4.78, 5) is 11.9. The molecule has 0 fully saturated rings. The van der Waals surface area contributed by atoms with E-state index < -0.39 is 18.0 Å². The highest BCUT2D eigenvalue weighted by Crippen LogP contribution is 2.31. The van der Waals surface area contributed by atoms with Crippen LogP contribution in [0.3, 0.4) is 0 Å². The minimum atomic E-state index is -4.50. The van der Waals surface area contributed by atoms with Gasteiger partial charge in [0.05, 0.1) is 0 Å². The van der Waals surface area contributed by atoms with Crippen molar-refractivity contribution < 1.29 is 18.0 Å². The predicted molar refractivity (Wildman–Crippen MR) is 73.6 cm³/mol. The number of anilines is 1. The highest BCUT2D eigenvalue weighted by Gasteiger charge is 2.44. The molecule has 0 saturated heterocycles. The average molecular weight is 287 g/mol. The second-order valence-electron chi connectivity index (χ2n) is 5.10. The minimum Gasteiger partial charge on any atom is -0.326 e. The van der Waals surface area contributed by atoms with Crippen LogP contribution in [0.25, 0.3) is 0 Å². The third-order valence-corrected chi connectivity index (χ3v) is 3.05. The maximum Gasteiger partial charge on any atom is 0.400 e. The number of nitrogens with one attached hydrogen (secondary N) is 1. The van der Waals surface area contributed by atoms with Crippen molar-refractivity contribution in [3.8, 4) is 0 Å². The maximum absolute atomic E-state index is 12.9. The molecule has 0 heterocycles. The summed E-state index contributed by atoms with van der Waals surface area (Å²) in [7, 11) is 0. The van der Waals surface area contributed by atoms with Crippen LogP contribution in [0.5, 0.6) is 0 Å². The third-order valence-electron chi connectivity index (χ3n) is 3.05. The first-order valence-electron chi connectivity index (χ1n) is 6.70. The Kier molecular flexibility index (Phi) is 5.60. The molecular weight excluding hydrogens is 267 g/mol. The predicted octanol–water partition coefficient (Wildman–Crippen LogP) is 4.61. The van der Waals surface area contributed by atoms with Crippen LogP contribution in [0.2, 0.25) is 0 Å². The SMILES string of the molecule is CCCCC(C(=O)Nc1cc(C)cc(C)c1)C(F)(F)F. The van der Waals surface area contributed by atoms with E-state index in [-0.39, 0.29) is 6.42 Å². The molecule has 0 bridgehead atoms. The highest BCUT2D eigenvalue weighted by atomic mass is 19.4. The van der Waals surface area contributed by atoms with E-state index in [2.05, 4.69) is 5.32 Å². The van der Waals surface area contributed by atoms with Crippen molar-refractivity contribution in [3.63, 3.8) is 0 Å². The van der Waals surface area contributed by atoms with E-state index in [1.165, 1.54) is 0 Å². The Bertz CT molecular complexity index is 448. The number of rotatable bonds is 5. The minimum absolute atomic E-state index is 0.170. The van der Waals surface area contributed by atoms with Crippen molar-refractivity contribution in [2.45, 2.75) is 46.2 Å². The normalized spacial score (nSPS) is 13.1. The largest absolute Gasteiger partial charge is 0.400 e. The van der Waals surface area contributed by atoms with E-state index in [0.717, 1.165) is 11.1 Å². The first kappa shape index (κ1) is 16.5. The van der Waals surface area contributed by atoms with Gasteiger partial charge in [-0.25, -0.2) is 0 Å². The molecule has 0 aliphatic heterocycles. The number of carbonyl (C=O) groups is 1. The van der Waals surface area contributed by atoms with E-state index in [9.17, 15) is 18.0 Å². The van der Waals surface area contributed by atoms with E-state index in [1.807, 2.05) is 19.9 Å². The Labute approximate surface area is 117 Å². The van der Waals surface area contributed by atoms with Crippen LogP contribution < -0.4 is 5.32 Å². The van der Waals surface area contributed by atoms with Crippen LogP contribution >= 0.6 is 0 Å². The molecule has 20 heavy (non-hydrogen) atoms. The van der Waals surface area contributed by atoms with Gasteiger partial charge in [0, 0.05) is 5.69 Å². The number of unbranched alkanes of at least 4 members (excludes halogenated alkanes) is 1. The lowest BCUT2D eigenvalue weighted by Crippen LogP contribution is -2.35. The highest BCUT2D eigenvalue weighted by molar-refractivity contribution is 5.93. The molecule has 1 aromatic carbocycles. The molecule has 1 N–H and O–H groups in total. The molecule has 1 unspecified atom stereocenters. The second kappa shape index (κ2) is 6.77. The summed E-state index contributed by atoms with van der Waals surface area (Å²) in [6.07, 6.45) is -3.66. The van der Waals surface area contributed by atoms with E-state index >= 15 is 0 Å². The van der Waals surface area contributed by atoms with Gasteiger partial charge >= 0.3 is 6.18 Å². The molecule has 1 amide bonds. The fourth-order valence-electron chi connectivity index (χ4n) is 2.13. The van der Waals surface area contributed by atoms with Gasteiger partial charge in [0.25, 0.3) is 0 Å². The number of hydrogen-bond donors (Lipinski definition) is 1. The number of benzene rings is 1. The van der Waals surface area contributed by atoms with Crippen molar-refractivity contribution in [2.24, 2.45) is 5.92 Å². The zero-order valence-electron chi connectivity index (χ0n) is 12.0.